The second kappa shape index (κ2) is 6.77. The summed E-state index contributed by atoms with van der Waals surface area (Å²) >= 11 is 3.43. The van der Waals surface area contributed by atoms with Gasteiger partial charge >= 0.3 is 0 Å². The number of hydrogen-bond donors (Lipinski definition) is 1. The molecule has 1 N–H and O–H groups in total. The summed E-state index contributed by atoms with van der Waals surface area (Å²) in [6.45, 7) is 2.15. The number of halogens is 1. The summed E-state index contributed by atoms with van der Waals surface area (Å²) < 4.78 is 12.0. The van der Waals surface area contributed by atoms with Crippen molar-refractivity contribution < 1.29 is 14.6 Å². The maximum absolute atomic E-state index is 9.78. The lowest BCUT2D eigenvalue weighted by Gasteiger charge is -2.15. The first-order valence-corrected chi connectivity index (χ1v) is 7.12. The molecule has 0 fully saturated rings. The number of aliphatic hydroxyl groups is 1. The Balaban J connectivity index is 2.19. The van der Waals surface area contributed by atoms with Crippen LogP contribution in [-0.2, 0) is 6.61 Å². The maximum Gasteiger partial charge on any atom is 0.129 e. The van der Waals surface area contributed by atoms with Crippen LogP contribution in [0.4, 0.5) is 0 Å². The van der Waals surface area contributed by atoms with Crippen LogP contribution in [0.15, 0.2) is 46.9 Å². The molecule has 0 aromatic heterocycles. The van der Waals surface area contributed by atoms with Gasteiger partial charge < -0.3 is 14.6 Å². The highest BCUT2D eigenvalue weighted by molar-refractivity contribution is 9.10. The van der Waals surface area contributed by atoms with Gasteiger partial charge in [-0.05, 0) is 36.8 Å². The molecule has 1 atom stereocenters. The van der Waals surface area contributed by atoms with Crippen LogP contribution in [-0.4, -0.2) is 12.2 Å². The fraction of sp³-hybridized carbons (Fsp3) is 0.250. The molecule has 0 aliphatic carbocycles. The molecule has 2 rings (SSSR count). The Kier molecular flexibility index (Phi) is 5.04. The molecule has 20 heavy (non-hydrogen) atoms. The topological polar surface area (TPSA) is 38.7 Å². The third-order valence-corrected chi connectivity index (χ3v) is 3.45. The molecule has 0 saturated heterocycles. The zero-order chi connectivity index (χ0) is 14.5. The number of hydrogen-bond acceptors (Lipinski definition) is 3. The van der Waals surface area contributed by atoms with Crippen LogP contribution in [0.3, 0.4) is 0 Å². The van der Waals surface area contributed by atoms with Gasteiger partial charge in [0.1, 0.15) is 18.1 Å². The number of benzene rings is 2. The number of ether oxygens (including phenoxy) is 2. The molecule has 0 aliphatic heterocycles. The van der Waals surface area contributed by atoms with E-state index >= 15 is 0 Å². The first-order chi connectivity index (χ1) is 9.60. The van der Waals surface area contributed by atoms with Crippen molar-refractivity contribution in [2.45, 2.75) is 19.6 Å². The van der Waals surface area contributed by atoms with Gasteiger partial charge in [0.05, 0.1) is 13.2 Å². The SMILES string of the molecule is COc1ccc([C@@H](C)O)c(OCc2cccc(Br)c2)c1. The molecule has 0 aliphatic rings. The van der Waals surface area contributed by atoms with Crippen molar-refractivity contribution >= 4 is 15.9 Å². The quantitative estimate of drug-likeness (QED) is 0.893. The van der Waals surface area contributed by atoms with E-state index in [4.69, 9.17) is 9.47 Å². The summed E-state index contributed by atoms with van der Waals surface area (Å²) in [6, 6.07) is 13.4. The van der Waals surface area contributed by atoms with E-state index in [1.54, 1.807) is 20.1 Å². The molecule has 0 heterocycles. The molecule has 0 spiro atoms. The fourth-order valence-electron chi connectivity index (χ4n) is 1.90. The van der Waals surface area contributed by atoms with Crippen molar-refractivity contribution in [3.8, 4) is 11.5 Å². The molecule has 0 saturated carbocycles. The standard InChI is InChI=1S/C16H17BrO3/c1-11(18)15-7-6-14(19-2)9-16(15)20-10-12-4-3-5-13(17)8-12/h3-9,11,18H,10H2,1-2H3/t11-/m1/s1. The van der Waals surface area contributed by atoms with E-state index in [1.807, 2.05) is 36.4 Å². The third-order valence-electron chi connectivity index (χ3n) is 2.95. The molecule has 0 unspecified atom stereocenters. The molecule has 106 valence electrons. The lowest BCUT2D eigenvalue weighted by atomic mass is 10.1. The summed E-state index contributed by atoms with van der Waals surface area (Å²) in [6.07, 6.45) is -0.585. The highest BCUT2D eigenvalue weighted by atomic mass is 79.9. The van der Waals surface area contributed by atoms with E-state index in [2.05, 4.69) is 15.9 Å². The number of rotatable bonds is 5. The number of aliphatic hydroxyl groups excluding tert-OH is 1. The highest BCUT2D eigenvalue weighted by Crippen LogP contribution is 2.30. The number of methoxy groups -OCH3 is 1. The second-order valence-electron chi connectivity index (χ2n) is 4.50. The maximum atomic E-state index is 9.78. The van der Waals surface area contributed by atoms with Crippen molar-refractivity contribution in [1.82, 2.24) is 0 Å². The first-order valence-electron chi connectivity index (χ1n) is 6.33. The van der Waals surface area contributed by atoms with Crippen molar-refractivity contribution in [3.63, 3.8) is 0 Å². The van der Waals surface area contributed by atoms with Gasteiger partial charge in [0, 0.05) is 16.1 Å². The zero-order valence-electron chi connectivity index (χ0n) is 11.5. The highest BCUT2D eigenvalue weighted by Gasteiger charge is 2.11. The van der Waals surface area contributed by atoms with Gasteiger partial charge in [-0.25, -0.2) is 0 Å². The van der Waals surface area contributed by atoms with Crippen LogP contribution in [0.1, 0.15) is 24.2 Å². The van der Waals surface area contributed by atoms with Gasteiger partial charge in [-0.15, -0.1) is 0 Å². The van der Waals surface area contributed by atoms with Crippen LogP contribution in [0.25, 0.3) is 0 Å². The van der Waals surface area contributed by atoms with E-state index in [-0.39, 0.29) is 0 Å². The molecule has 3 nitrogen and oxygen atoms in total. The Hall–Kier alpha value is -1.52. The van der Waals surface area contributed by atoms with E-state index in [0.29, 0.717) is 18.1 Å². The lowest BCUT2D eigenvalue weighted by molar-refractivity contribution is 0.190. The minimum absolute atomic E-state index is 0.437. The Morgan fingerprint density at radius 2 is 2.00 bits per heavy atom. The van der Waals surface area contributed by atoms with Crippen molar-refractivity contribution in [3.05, 3.63) is 58.1 Å². The smallest absolute Gasteiger partial charge is 0.129 e. The first kappa shape index (κ1) is 14.9. The monoisotopic (exact) mass is 336 g/mol. The Morgan fingerprint density at radius 3 is 2.65 bits per heavy atom. The van der Waals surface area contributed by atoms with Gasteiger partial charge in [0.2, 0.25) is 0 Å². The lowest BCUT2D eigenvalue weighted by Crippen LogP contribution is -2.01. The minimum atomic E-state index is -0.585. The molecule has 2 aromatic rings. The van der Waals surface area contributed by atoms with Crippen molar-refractivity contribution in [2.24, 2.45) is 0 Å². The van der Waals surface area contributed by atoms with E-state index in [0.717, 1.165) is 15.6 Å². The molecular weight excluding hydrogens is 320 g/mol. The Bertz CT molecular complexity index is 582. The predicted molar refractivity (Wildman–Crippen MR) is 82.1 cm³/mol. The van der Waals surface area contributed by atoms with E-state index in [1.165, 1.54) is 0 Å². The Labute approximate surface area is 127 Å². The molecule has 0 radical (unpaired) electrons. The van der Waals surface area contributed by atoms with E-state index in [9.17, 15) is 5.11 Å². The van der Waals surface area contributed by atoms with Crippen LogP contribution in [0.5, 0.6) is 11.5 Å². The summed E-state index contributed by atoms with van der Waals surface area (Å²) in [5, 5.41) is 9.78. The van der Waals surface area contributed by atoms with Crippen molar-refractivity contribution in [1.29, 1.82) is 0 Å². The molecule has 0 bridgehead atoms. The predicted octanol–water partition coefficient (Wildman–Crippen LogP) is 4.09. The van der Waals surface area contributed by atoms with Gasteiger partial charge in [-0.3, -0.25) is 0 Å². The largest absolute Gasteiger partial charge is 0.497 e. The fourth-order valence-corrected chi connectivity index (χ4v) is 2.35. The van der Waals surface area contributed by atoms with Crippen LogP contribution in [0.2, 0.25) is 0 Å². The van der Waals surface area contributed by atoms with Crippen molar-refractivity contribution in [2.75, 3.05) is 7.11 Å². The van der Waals surface area contributed by atoms with Crippen LogP contribution >= 0.6 is 15.9 Å². The van der Waals surface area contributed by atoms with Gasteiger partial charge in [0.25, 0.3) is 0 Å². The molecular formula is C16H17BrO3. The average molecular weight is 337 g/mol. The van der Waals surface area contributed by atoms with Gasteiger partial charge in [0.15, 0.2) is 0 Å². The van der Waals surface area contributed by atoms with Crippen LogP contribution < -0.4 is 9.47 Å². The third kappa shape index (κ3) is 3.74. The van der Waals surface area contributed by atoms with E-state index < -0.39 is 6.10 Å². The average Bonchev–Trinajstić information content (AvgIpc) is 2.44. The summed E-state index contributed by atoms with van der Waals surface area (Å²) in [7, 11) is 1.61. The van der Waals surface area contributed by atoms with Gasteiger partial charge in [-0.1, -0.05) is 28.1 Å². The second-order valence-corrected chi connectivity index (χ2v) is 5.41. The molecule has 2 aromatic carbocycles. The summed E-state index contributed by atoms with van der Waals surface area (Å²) in [4.78, 5) is 0. The Morgan fingerprint density at radius 1 is 1.20 bits per heavy atom. The summed E-state index contributed by atoms with van der Waals surface area (Å²) in [5.41, 5.74) is 1.81. The molecule has 0 amide bonds. The zero-order valence-corrected chi connectivity index (χ0v) is 13.1. The summed E-state index contributed by atoms with van der Waals surface area (Å²) in [5.74, 6) is 1.35. The van der Waals surface area contributed by atoms with Crippen LogP contribution in [0, 0.1) is 0 Å². The molecule has 4 heteroatoms. The minimum Gasteiger partial charge on any atom is -0.497 e. The normalized spacial score (nSPS) is 12.0. The van der Waals surface area contributed by atoms with Gasteiger partial charge in [-0.2, -0.15) is 0 Å².